The van der Waals surface area contributed by atoms with Gasteiger partial charge < -0.3 is 5.73 Å². The zero-order valence-corrected chi connectivity index (χ0v) is 5.67. The van der Waals surface area contributed by atoms with Crippen molar-refractivity contribution in [3.05, 3.63) is 36.5 Å². The van der Waals surface area contributed by atoms with Crippen LogP contribution in [0.5, 0.6) is 0 Å². The summed E-state index contributed by atoms with van der Waals surface area (Å²) < 4.78 is 0. The molecule has 0 aliphatic heterocycles. The van der Waals surface area contributed by atoms with Gasteiger partial charge in [0.2, 0.25) is 0 Å². The SMILES string of the molecule is C=CC1=CC#CC(N)C=C1. The van der Waals surface area contributed by atoms with Crippen LogP contribution in [0.4, 0.5) is 0 Å². The monoisotopic (exact) mass is 131 g/mol. The molecule has 0 aromatic rings. The Morgan fingerprint density at radius 3 is 3.20 bits per heavy atom. The number of hydrogen-bond acceptors (Lipinski definition) is 1. The van der Waals surface area contributed by atoms with Gasteiger partial charge in [0.05, 0.1) is 6.04 Å². The van der Waals surface area contributed by atoms with Gasteiger partial charge in [0.15, 0.2) is 0 Å². The van der Waals surface area contributed by atoms with Gasteiger partial charge in [-0.2, -0.15) is 0 Å². The van der Waals surface area contributed by atoms with E-state index in [4.69, 9.17) is 5.73 Å². The zero-order chi connectivity index (χ0) is 7.40. The van der Waals surface area contributed by atoms with Crippen molar-refractivity contribution in [2.75, 3.05) is 0 Å². The van der Waals surface area contributed by atoms with Crippen LogP contribution < -0.4 is 5.73 Å². The molecular weight excluding hydrogens is 122 g/mol. The topological polar surface area (TPSA) is 26.0 Å². The largest absolute Gasteiger partial charge is 0.314 e. The average molecular weight is 131 g/mol. The summed E-state index contributed by atoms with van der Waals surface area (Å²) in [4.78, 5) is 0. The lowest BCUT2D eigenvalue weighted by molar-refractivity contribution is 1.07. The molecule has 1 rings (SSSR count). The molecule has 0 fully saturated rings. The summed E-state index contributed by atoms with van der Waals surface area (Å²) in [6.07, 6.45) is 7.32. The molecule has 1 aliphatic carbocycles. The first-order valence-electron chi connectivity index (χ1n) is 3.10. The fourth-order valence-electron chi connectivity index (χ4n) is 0.659. The number of hydrogen-bond donors (Lipinski definition) is 1. The fraction of sp³-hybridized carbons (Fsp3) is 0.111. The molecule has 0 saturated heterocycles. The van der Waals surface area contributed by atoms with Gasteiger partial charge in [-0.1, -0.05) is 36.6 Å². The van der Waals surface area contributed by atoms with Crippen LogP contribution in [0.3, 0.4) is 0 Å². The first-order chi connectivity index (χ1) is 4.83. The molecular formula is C9H9N. The van der Waals surface area contributed by atoms with Crippen molar-refractivity contribution in [2.45, 2.75) is 6.04 Å². The van der Waals surface area contributed by atoms with Crippen LogP contribution in [0.15, 0.2) is 36.5 Å². The Morgan fingerprint density at radius 1 is 1.70 bits per heavy atom. The molecule has 1 heteroatoms. The Labute approximate surface area is 60.9 Å². The van der Waals surface area contributed by atoms with Crippen molar-refractivity contribution in [2.24, 2.45) is 5.73 Å². The third-order valence-electron chi connectivity index (χ3n) is 1.22. The van der Waals surface area contributed by atoms with Crippen molar-refractivity contribution < 1.29 is 0 Å². The first kappa shape index (κ1) is 6.85. The van der Waals surface area contributed by atoms with Gasteiger partial charge in [0, 0.05) is 0 Å². The number of allylic oxidation sites excluding steroid dienone is 4. The molecule has 0 aromatic carbocycles. The van der Waals surface area contributed by atoms with E-state index < -0.39 is 0 Å². The summed E-state index contributed by atoms with van der Waals surface area (Å²) >= 11 is 0. The summed E-state index contributed by atoms with van der Waals surface area (Å²) in [5.74, 6) is 5.65. The molecule has 1 unspecified atom stereocenters. The van der Waals surface area contributed by atoms with Crippen molar-refractivity contribution in [3.63, 3.8) is 0 Å². The highest BCUT2D eigenvalue weighted by atomic mass is 14.6. The van der Waals surface area contributed by atoms with Gasteiger partial charge in [-0.15, -0.1) is 0 Å². The fourth-order valence-corrected chi connectivity index (χ4v) is 0.659. The van der Waals surface area contributed by atoms with Gasteiger partial charge in [-0.25, -0.2) is 0 Å². The van der Waals surface area contributed by atoms with Crippen LogP contribution in [-0.4, -0.2) is 6.04 Å². The van der Waals surface area contributed by atoms with Crippen LogP contribution in [0.25, 0.3) is 0 Å². The second kappa shape index (κ2) is 3.05. The van der Waals surface area contributed by atoms with E-state index in [2.05, 4.69) is 18.4 Å². The van der Waals surface area contributed by atoms with E-state index in [1.807, 2.05) is 12.2 Å². The average Bonchev–Trinajstić information content (AvgIpc) is 2.14. The van der Waals surface area contributed by atoms with E-state index in [1.54, 1.807) is 12.2 Å². The smallest absolute Gasteiger partial charge is 0.0857 e. The first-order valence-corrected chi connectivity index (χ1v) is 3.10. The highest BCUT2D eigenvalue weighted by molar-refractivity contribution is 5.40. The molecule has 10 heavy (non-hydrogen) atoms. The highest BCUT2D eigenvalue weighted by Gasteiger charge is 1.91. The lowest BCUT2D eigenvalue weighted by Crippen LogP contribution is -2.12. The second-order valence-corrected chi connectivity index (χ2v) is 2.02. The minimum atomic E-state index is -0.131. The lowest BCUT2D eigenvalue weighted by Gasteiger charge is -1.90. The third-order valence-corrected chi connectivity index (χ3v) is 1.22. The molecule has 0 aromatic heterocycles. The minimum absolute atomic E-state index is 0.131. The lowest BCUT2D eigenvalue weighted by atomic mass is 10.2. The highest BCUT2D eigenvalue weighted by Crippen LogP contribution is 2.00. The summed E-state index contributed by atoms with van der Waals surface area (Å²) in [6.45, 7) is 3.62. The Kier molecular flexibility index (Phi) is 2.09. The molecule has 0 saturated carbocycles. The normalized spacial score (nSPS) is 22.1. The summed E-state index contributed by atoms with van der Waals surface area (Å²) in [5.41, 5.74) is 6.54. The van der Waals surface area contributed by atoms with Crippen LogP contribution in [0.2, 0.25) is 0 Å². The summed E-state index contributed by atoms with van der Waals surface area (Å²) in [7, 11) is 0. The number of nitrogens with two attached hydrogens (primary N) is 1. The third kappa shape index (κ3) is 1.61. The summed E-state index contributed by atoms with van der Waals surface area (Å²) in [5, 5.41) is 0. The van der Waals surface area contributed by atoms with E-state index in [0.29, 0.717) is 0 Å². The zero-order valence-electron chi connectivity index (χ0n) is 5.67. The van der Waals surface area contributed by atoms with Crippen LogP contribution in [0, 0.1) is 11.8 Å². The Hall–Kier alpha value is -1.26. The Morgan fingerprint density at radius 2 is 2.50 bits per heavy atom. The maximum atomic E-state index is 5.52. The molecule has 0 spiro atoms. The van der Waals surface area contributed by atoms with Crippen molar-refractivity contribution in [3.8, 4) is 11.8 Å². The van der Waals surface area contributed by atoms with E-state index >= 15 is 0 Å². The maximum absolute atomic E-state index is 5.52. The summed E-state index contributed by atoms with van der Waals surface area (Å²) in [6, 6.07) is -0.131. The molecule has 1 atom stereocenters. The molecule has 50 valence electrons. The van der Waals surface area contributed by atoms with Crippen molar-refractivity contribution >= 4 is 0 Å². The van der Waals surface area contributed by atoms with Gasteiger partial charge >= 0.3 is 0 Å². The molecule has 1 aliphatic rings. The van der Waals surface area contributed by atoms with E-state index in [0.717, 1.165) is 5.57 Å². The van der Waals surface area contributed by atoms with Gasteiger partial charge in [0.25, 0.3) is 0 Å². The molecule has 2 N–H and O–H groups in total. The quantitative estimate of drug-likeness (QED) is 0.528. The van der Waals surface area contributed by atoms with Gasteiger partial charge in [-0.3, -0.25) is 0 Å². The second-order valence-electron chi connectivity index (χ2n) is 2.02. The number of rotatable bonds is 1. The maximum Gasteiger partial charge on any atom is 0.0857 e. The van der Waals surface area contributed by atoms with E-state index in [9.17, 15) is 0 Å². The predicted molar refractivity (Wildman–Crippen MR) is 43.2 cm³/mol. The van der Waals surface area contributed by atoms with E-state index in [1.165, 1.54) is 0 Å². The molecule has 0 amide bonds. The molecule has 1 nitrogen and oxygen atoms in total. The van der Waals surface area contributed by atoms with Crippen LogP contribution >= 0.6 is 0 Å². The molecule has 0 heterocycles. The predicted octanol–water partition coefficient (Wildman–Crippen LogP) is 0.999. The van der Waals surface area contributed by atoms with Crippen LogP contribution in [0.1, 0.15) is 0 Å². The Balaban J connectivity index is 2.86. The van der Waals surface area contributed by atoms with Crippen LogP contribution in [-0.2, 0) is 0 Å². The van der Waals surface area contributed by atoms with E-state index in [-0.39, 0.29) is 6.04 Å². The minimum Gasteiger partial charge on any atom is -0.314 e. The standard InChI is InChI=1S/C9H9N/c1-2-8-4-3-5-9(10)7-6-8/h2,4,6-7,9H,1,10H2. The van der Waals surface area contributed by atoms with Crippen molar-refractivity contribution in [1.82, 2.24) is 0 Å². The van der Waals surface area contributed by atoms with Gasteiger partial charge in [0.1, 0.15) is 0 Å². The van der Waals surface area contributed by atoms with Crippen molar-refractivity contribution in [1.29, 1.82) is 0 Å². The van der Waals surface area contributed by atoms with Gasteiger partial charge in [-0.05, 0) is 11.6 Å². The Bertz CT molecular complexity index is 248. The molecule has 0 radical (unpaired) electrons. The molecule has 0 bridgehead atoms.